The van der Waals surface area contributed by atoms with Crippen LogP contribution in [-0.2, 0) is 5.41 Å². The number of rotatable bonds is 3. The topological polar surface area (TPSA) is 69.9 Å². The quantitative estimate of drug-likeness (QED) is 0.184. The van der Waals surface area contributed by atoms with Gasteiger partial charge in [0.2, 0.25) is 5.95 Å². The maximum absolute atomic E-state index is 6.77. The van der Waals surface area contributed by atoms with Crippen molar-refractivity contribution in [2.45, 2.75) is 19.3 Å². The maximum atomic E-state index is 6.77. The zero-order valence-electron chi connectivity index (χ0n) is 29.5. The number of hydrogen-bond donors (Lipinski definition) is 0. The molecule has 0 unspecified atom stereocenters. The minimum Gasteiger partial charge on any atom is -0.455 e. The molecule has 0 atom stereocenters. The van der Waals surface area contributed by atoms with Crippen molar-refractivity contribution >= 4 is 65.7 Å². The van der Waals surface area contributed by atoms with Crippen LogP contribution in [0.15, 0.2) is 154 Å². The van der Waals surface area contributed by atoms with E-state index in [1.165, 1.54) is 22.3 Å². The van der Waals surface area contributed by atoms with Crippen molar-refractivity contribution in [3.63, 3.8) is 0 Å². The van der Waals surface area contributed by atoms with E-state index in [0.29, 0.717) is 17.6 Å². The van der Waals surface area contributed by atoms with Crippen molar-refractivity contribution in [1.29, 1.82) is 0 Å². The van der Waals surface area contributed by atoms with Gasteiger partial charge in [0, 0.05) is 43.3 Å². The standard InChI is InChI=1S/C48H30N4O2/c1-48(2)37-20-9-6-15-28(37)35-26-39-36(25-38(35)48)31-23-24-33-30-17-8-11-22-41(30)54-44(33)42(31)52(39)47-50-45(27-13-4-3-5-14-27)49-46(51-47)34-19-12-18-32-29-16-7-10-21-40(29)53-43(32)34/h3-26H,1-2H3. The van der Waals surface area contributed by atoms with Crippen LogP contribution in [0.4, 0.5) is 0 Å². The third-order valence-electron chi connectivity index (χ3n) is 11.5. The molecule has 12 rings (SSSR count). The molecule has 54 heavy (non-hydrogen) atoms. The van der Waals surface area contributed by atoms with Crippen LogP contribution in [-0.4, -0.2) is 19.5 Å². The van der Waals surface area contributed by atoms with E-state index in [9.17, 15) is 0 Å². The fourth-order valence-electron chi connectivity index (χ4n) is 8.90. The molecule has 0 radical (unpaired) electrons. The summed E-state index contributed by atoms with van der Waals surface area (Å²) in [6.45, 7) is 4.65. The molecular formula is C48H30N4O2. The lowest BCUT2D eigenvalue weighted by atomic mass is 9.82. The van der Waals surface area contributed by atoms with Gasteiger partial charge >= 0.3 is 0 Å². The van der Waals surface area contributed by atoms with E-state index in [0.717, 1.165) is 76.8 Å². The number of fused-ring (bicyclic) bond motifs is 13. The first kappa shape index (κ1) is 29.5. The molecule has 1 aliphatic rings. The van der Waals surface area contributed by atoms with E-state index in [4.69, 9.17) is 23.8 Å². The minimum absolute atomic E-state index is 0.163. The van der Waals surface area contributed by atoms with Crippen LogP contribution in [0.5, 0.6) is 0 Å². The summed E-state index contributed by atoms with van der Waals surface area (Å²) < 4.78 is 15.5. The summed E-state index contributed by atoms with van der Waals surface area (Å²) in [4.78, 5) is 15.8. The zero-order valence-corrected chi connectivity index (χ0v) is 29.5. The Hall–Kier alpha value is -7.05. The predicted molar refractivity (Wildman–Crippen MR) is 217 cm³/mol. The molecule has 6 heteroatoms. The summed E-state index contributed by atoms with van der Waals surface area (Å²) in [6, 6.07) is 50.6. The lowest BCUT2D eigenvalue weighted by Crippen LogP contribution is -2.14. The summed E-state index contributed by atoms with van der Waals surface area (Å²) >= 11 is 0. The number of para-hydroxylation sites is 3. The Morgan fingerprint density at radius 2 is 1.09 bits per heavy atom. The summed E-state index contributed by atoms with van der Waals surface area (Å²) in [5.41, 5.74) is 11.8. The van der Waals surface area contributed by atoms with Crippen molar-refractivity contribution in [3.8, 4) is 39.9 Å². The summed E-state index contributed by atoms with van der Waals surface area (Å²) in [7, 11) is 0. The highest BCUT2D eigenvalue weighted by Crippen LogP contribution is 2.51. The van der Waals surface area contributed by atoms with E-state index in [1.807, 2.05) is 72.8 Å². The zero-order chi connectivity index (χ0) is 35.7. The smallest absolute Gasteiger partial charge is 0.238 e. The highest BCUT2D eigenvalue weighted by Gasteiger charge is 2.36. The van der Waals surface area contributed by atoms with Crippen molar-refractivity contribution in [2.24, 2.45) is 0 Å². The Morgan fingerprint density at radius 3 is 1.91 bits per heavy atom. The first-order chi connectivity index (χ1) is 26.5. The molecule has 7 aromatic carbocycles. The van der Waals surface area contributed by atoms with E-state index in [-0.39, 0.29) is 5.41 Å². The number of benzene rings is 7. The van der Waals surface area contributed by atoms with Crippen LogP contribution < -0.4 is 0 Å². The third-order valence-corrected chi connectivity index (χ3v) is 11.5. The van der Waals surface area contributed by atoms with Gasteiger partial charge in [0.25, 0.3) is 0 Å². The molecule has 0 saturated heterocycles. The summed E-state index contributed by atoms with van der Waals surface area (Å²) in [5, 5.41) is 6.39. The van der Waals surface area contributed by atoms with Crippen molar-refractivity contribution < 1.29 is 8.83 Å². The van der Waals surface area contributed by atoms with Crippen molar-refractivity contribution in [1.82, 2.24) is 19.5 Å². The summed E-state index contributed by atoms with van der Waals surface area (Å²) in [6.07, 6.45) is 0. The normalized spacial score (nSPS) is 13.5. The highest BCUT2D eigenvalue weighted by atomic mass is 16.3. The van der Waals surface area contributed by atoms with Crippen molar-refractivity contribution in [2.75, 3.05) is 0 Å². The molecule has 0 bridgehead atoms. The molecule has 0 N–H and O–H groups in total. The van der Waals surface area contributed by atoms with Gasteiger partial charge in [-0.05, 0) is 58.7 Å². The van der Waals surface area contributed by atoms with Crippen LogP contribution in [0.25, 0.3) is 106 Å². The fraction of sp³-hybridized carbons (Fsp3) is 0.0625. The number of nitrogens with zero attached hydrogens (tertiary/aromatic N) is 4. The van der Waals surface area contributed by atoms with Gasteiger partial charge in [0.15, 0.2) is 17.2 Å². The molecule has 0 spiro atoms. The van der Waals surface area contributed by atoms with E-state index in [2.05, 4.69) is 91.2 Å². The van der Waals surface area contributed by atoms with Gasteiger partial charge in [-0.25, -0.2) is 4.98 Å². The number of aromatic nitrogens is 4. The van der Waals surface area contributed by atoms with Crippen LogP contribution >= 0.6 is 0 Å². The molecule has 11 aromatic rings. The monoisotopic (exact) mass is 694 g/mol. The van der Waals surface area contributed by atoms with Gasteiger partial charge in [-0.3, -0.25) is 4.57 Å². The van der Waals surface area contributed by atoms with Crippen LogP contribution in [0.2, 0.25) is 0 Å². The maximum Gasteiger partial charge on any atom is 0.238 e. The number of furan rings is 2. The molecule has 0 amide bonds. The Labute approximate surface area is 309 Å². The molecule has 0 aliphatic heterocycles. The van der Waals surface area contributed by atoms with Gasteiger partial charge in [-0.15, -0.1) is 0 Å². The van der Waals surface area contributed by atoms with Crippen LogP contribution in [0, 0.1) is 0 Å². The number of hydrogen-bond acceptors (Lipinski definition) is 5. The lowest BCUT2D eigenvalue weighted by Gasteiger charge is -2.21. The largest absolute Gasteiger partial charge is 0.455 e. The van der Waals surface area contributed by atoms with Gasteiger partial charge in [-0.1, -0.05) is 123 Å². The van der Waals surface area contributed by atoms with E-state index >= 15 is 0 Å². The molecule has 1 aliphatic carbocycles. The molecule has 0 saturated carbocycles. The van der Waals surface area contributed by atoms with Gasteiger partial charge in [0.05, 0.1) is 11.1 Å². The second-order valence-electron chi connectivity index (χ2n) is 14.8. The van der Waals surface area contributed by atoms with Gasteiger partial charge in [-0.2, -0.15) is 9.97 Å². The first-order valence-electron chi connectivity index (χ1n) is 18.3. The van der Waals surface area contributed by atoms with Crippen molar-refractivity contribution in [3.05, 3.63) is 157 Å². The molecule has 254 valence electrons. The summed E-state index contributed by atoms with van der Waals surface area (Å²) in [5.74, 6) is 1.61. The average Bonchev–Trinajstić information content (AvgIpc) is 3.94. The fourth-order valence-corrected chi connectivity index (χ4v) is 8.90. The predicted octanol–water partition coefficient (Wildman–Crippen LogP) is 12.4. The average molecular weight is 695 g/mol. The molecule has 6 nitrogen and oxygen atoms in total. The van der Waals surface area contributed by atoms with Gasteiger partial charge in [0.1, 0.15) is 22.3 Å². The Balaban J connectivity index is 1.24. The van der Waals surface area contributed by atoms with Crippen LogP contribution in [0.1, 0.15) is 25.0 Å². The Kier molecular flexibility index (Phi) is 5.75. The Morgan fingerprint density at radius 1 is 0.463 bits per heavy atom. The minimum atomic E-state index is -0.163. The highest BCUT2D eigenvalue weighted by molar-refractivity contribution is 6.22. The van der Waals surface area contributed by atoms with Gasteiger partial charge < -0.3 is 8.83 Å². The lowest BCUT2D eigenvalue weighted by molar-refractivity contribution is 0.661. The second-order valence-corrected chi connectivity index (χ2v) is 14.8. The van der Waals surface area contributed by atoms with E-state index in [1.54, 1.807) is 0 Å². The third kappa shape index (κ3) is 3.91. The van der Waals surface area contributed by atoms with E-state index < -0.39 is 0 Å². The molecule has 4 aromatic heterocycles. The first-order valence-corrected chi connectivity index (χ1v) is 18.3. The Bertz CT molecular complexity index is 3370. The second kappa shape index (κ2) is 10.5. The SMILES string of the molecule is CC1(C)c2ccccc2-c2cc3c(cc21)c1ccc2c4ccccc4oc2c1n3-c1nc(-c2ccccc2)nc(-c2cccc3c2oc2ccccc23)n1. The van der Waals surface area contributed by atoms with Crippen LogP contribution in [0.3, 0.4) is 0 Å². The molecule has 4 heterocycles. The molecule has 0 fully saturated rings. The molecular weight excluding hydrogens is 665 g/mol.